The van der Waals surface area contributed by atoms with Gasteiger partial charge in [-0.1, -0.05) is 6.07 Å². The van der Waals surface area contributed by atoms with Crippen LogP contribution in [0.1, 0.15) is 15.3 Å². The summed E-state index contributed by atoms with van der Waals surface area (Å²) in [5, 5.41) is 2.85. The Morgan fingerprint density at radius 2 is 2.09 bits per heavy atom. The molecule has 4 aromatic rings. The molecule has 0 radical (unpaired) electrons. The lowest BCUT2D eigenvalue weighted by Crippen LogP contribution is -2.31. The Morgan fingerprint density at radius 1 is 1.27 bits per heavy atom. The molecule has 0 amide bonds. The molecule has 22 heavy (non-hydrogen) atoms. The Balaban J connectivity index is 2.16. The van der Waals surface area contributed by atoms with Crippen LogP contribution < -0.4 is 16.5 Å². The van der Waals surface area contributed by atoms with Crippen LogP contribution >= 0.6 is 22.7 Å². The number of aryl methyl sites for hydroxylation is 2. The molecule has 0 aliphatic rings. The predicted octanol–water partition coefficient (Wildman–Crippen LogP) is 1.82. The van der Waals surface area contributed by atoms with Crippen LogP contribution in [0, 0.1) is 13.8 Å². The van der Waals surface area contributed by atoms with Gasteiger partial charge in [-0.2, -0.15) is 0 Å². The van der Waals surface area contributed by atoms with Gasteiger partial charge in [-0.3, -0.25) is 9.59 Å². The molecule has 0 fully saturated rings. The summed E-state index contributed by atoms with van der Waals surface area (Å²) in [6.45, 7) is 3.84. The van der Waals surface area contributed by atoms with Crippen molar-refractivity contribution >= 4 is 44.7 Å². The van der Waals surface area contributed by atoms with Crippen molar-refractivity contribution in [1.29, 1.82) is 0 Å². The predicted molar refractivity (Wildman–Crippen MR) is 90.0 cm³/mol. The summed E-state index contributed by atoms with van der Waals surface area (Å²) in [4.78, 5) is 35.2. The summed E-state index contributed by atoms with van der Waals surface area (Å²) in [6, 6.07) is 3.83. The third-order valence-corrected chi connectivity index (χ3v) is 5.63. The molecule has 0 atom stereocenters. The standard InChI is InChI=1S/C15H11N3O2S2/c1-7-8(2)22-12-11(7)14(20)18-13(19)10(16-15(18)17-12)6-9-4-3-5-21-9/h3-6H,1-2H3,(H,16,17)/b10-6-. The van der Waals surface area contributed by atoms with Crippen molar-refractivity contribution in [2.24, 2.45) is 0 Å². The molecule has 4 heterocycles. The van der Waals surface area contributed by atoms with Gasteiger partial charge in [-0.05, 0) is 36.9 Å². The van der Waals surface area contributed by atoms with Crippen molar-refractivity contribution < 1.29 is 0 Å². The Labute approximate surface area is 132 Å². The second-order valence-electron chi connectivity index (χ2n) is 5.04. The number of hydrogen-bond acceptors (Lipinski definition) is 5. The van der Waals surface area contributed by atoms with Crippen LogP contribution in [-0.4, -0.2) is 14.4 Å². The van der Waals surface area contributed by atoms with E-state index in [0.717, 1.165) is 19.7 Å². The van der Waals surface area contributed by atoms with Crippen molar-refractivity contribution in [2.75, 3.05) is 0 Å². The molecule has 0 saturated carbocycles. The first-order chi connectivity index (χ1) is 10.6. The quantitative estimate of drug-likeness (QED) is 0.579. The highest BCUT2D eigenvalue weighted by Crippen LogP contribution is 2.25. The first kappa shape index (κ1) is 13.4. The highest BCUT2D eigenvalue weighted by Gasteiger charge is 2.15. The van der Waals surface area contributed by atoms with E-state index in [1.54, 1.807) is 6.08 Å². The molecule has 0 aliphatic carbocycles. The highest BCUT2D eigenvalue weighted by atomic mass is 32.1. The van der Waals surface area contributed by atoms with E-state index in [-0.39, 0.29) is 11.1 Å². The number of aromatic amines is 1. The second kappa shape index (κ2) is 4.62. The molecule has 7 heteroatoms. The lowest BCUT2D eigenvalue weighted by atomic mass is 10.2. The summed E-state index contributed by atoms with van der Waals surface area (Å²) < 4.78 is 1.13. The summed E-state index contributed by atoms with van der Waals surface area (Å²) >= 11 is 3.00. The summed E-state index contributed by atoms with van der Waals surface area (Å²) in [7, 11) is 0. The third kappa shape index (κ3) is 1.79. The van der Waals surface area contributed by atoms with Gasteiger partial charge in [0.25, 0.3) is 11.1 Å². The SMILES string of the molecule is Cc1sc2nc3[nH]/c(=C\c4cccs4)c(=O)n3c(=O)c2c1C. The number of imidazole rings is 1. The van der Waals surface area contributed by atoms with E-state index < -0.39 is 0 Å². The fourth-order valence-electron chi connectivity index (χ4n) is 2.47. The number of hydrogen-bond donors (Lipinski definition) is 1. The first-order valence-electron chi connectivity index (χ1n) is 6.66. The highest BCUT2D eigenvalue weighted by molar-refractivity contribution is 7.18. The van der Waals surface area contributed by atoms with E-state index >= 15 is 0 Å². The van der Waals surface area contributed by atoms with Crippen LogP contribution in [0.5, 0.6) is 0 Å². The Hall–Kier alpha value is -2.25. The number of nitrogens with one attached hydrogen (secondary N) is 1. The van der Waals surface area contributed by atoms with Gasteiger partial charge in [-0.15, -0.1) is 22.7 Å². The summed E-state index contributed by atoms with van der Waals surface area (Å²) in [5.74, 6) is 0.298. The van der Waals surface area contributed by atoms with Gasteiger partial charge in [0.1, 0.15) is 10.2 Å². The van der Waals surface area contributed by atoms with Gasteiger partial charge in [0.15, 0.2) is 0 Å². The van der Waals surface area contributed by atoms with Crippen LogP contribution in [0.25, 0.3) is 22.1 Å². The van der Waals surface area contributed by atoms with Crippen LogP contribution in [-0.2, 0) is 0 Å². The van der Waals surface area contributed by atoms with Gasteiger partial charge in [0.05, 0.1) is 5.39 Å². The first-order valence-corrected chi connectivity index (χ1v) is 8.35. The zero-order valence-electron chi connectivity index (χ0n) is 11.8. The second-order valence-corrected chi connectivity index (χ2v) is 7.23. The van der Waals surface area contributed by atoms with Crippen LogP contribution in [0.4, 0.5) is 0 Å². The maximum absolute atomic E-state index is 12.7. The zero-order chi connectivity index (χ0) is 15.4. The van der Waals surface area contributed by atoms with Gasteiger partial charge in [-0.25, -0.2) is 9.38 Å². The molecule has 0 aromatic carbocycles. The zero-order valence-corrected chi connectivity index (χ0v) is 13.5. The average Bonchev–Trinajstić information content (AvgIpc) is 3.14. The van der Waals surface area contributed by atoms with Crippen LogP contribution in [0.2, 0.25) is 0 Å². The molecular formula is C15H11N3O2S2. The average molecular weight is 329 g/mol. The molecular weight excluding hydrogens is 318 g/mol. The Kier molecular flexibility index (Phi) is 2.82. The van der Waals surface area contributed by atoms with Gasteiger partial charge in [0.2, 0.25) is 5.78 Å². The molecule has 0 aliphatic heterocycles. The molecule has 0 unspecified atom stereocenters. The number of H-pyrrole nitrogens is 1. The fourth-order valence-corrected chi connectivity index (χ4v) is 4.15. The van der Waals surface area contributed by atoms with Gasteiger partial charge < -0.3 is 4.98 Å². The maximum Gasteiger partial charge on any atom is 0.284 e. The van der Waals surface area contributed by atoms with E-state index in [2.05, 4.69) is 9.97 Å². The van der Waals surface area contributed by atoms with E-state index in [0.29, 0.717) is 21.3 Å². The topological polar surface area (TPSA) is 67.2 Å². The molecule has 4 aromatic heterocycles. The summed E-state index contributed by atoms with van der Waals surface area (Å²) in [5.41, 5.74) is 0.247. The molecule has 4 rings (SSSR count). The van der Waals surface area contributed by atoms with Crippen LogP contribution in [0.15, 0.2) is 27.1 Å². The van der Waals surface area contributed by atoms with Gasteiger partial charge >= 0.3 is 0 Å². The smallest absolute Gasteiger partial charge is 0.284 e. The number of aromatic nitrogens is 3. The normalized spacial score (nSPS) is 12.7. The molecule has 0 saturated heterocycles. The van der Waals surface area contributed by atoms with Crippen molar-refractivity contribution in [3.8, 4) is 0 Å². The van der Waals surface area contributed by atoms with Crippen molar-refractivity contribution in [1.82, 2.24) is 14.4 Å². The summed E-state index contributed by atoms with van der Waals surface area (Å²) in [6.07, 6.45) is 1.74. The minimum absolute atomic E-state index is 0.297. The molecule has 1 N–H and O–H groups in total. The Morgan fingerprint density at radius 3 is 2.82 bits per heavy atom. The number of fused-ring (bicyclic) bond motifs is 2. The monoisotopic (exact) mass is 329 g/mol. The molecule has 0 bridgehead atoms. The van der Waals surface area contributed by atoms with Crippen LogP contribution in [0.3, 0.4) is 0 Å². The number of thiophene rings is 2. The van der Waals surface area contributed by atoms with E-state index in [4.69, 9.17) is 0 Å². The molecule has 110 valence electrons. The molecule has 5 nitrogen and oxygen atoms in total. The van der Waals surface area contributed by atoms with E-state index in [1.165, 1.54) is 22.7 Å². The van der Waals surface area contributed by atoms with Crippen molar-refractivity contribution in [2.45, 2.75) is 13.8 Å². The van der Waals surface area contributed by atoms with Crippen molar-refractivity contribution in [3.05, 3.63) is 58.9 Å². The minimum atomic E-state index is -0.356. The van der Waals surface area contributed by atoms with Gasteiger partial charge in [0, 0.05) is 9.75 Å². The maximum atomic E-state index is 12.7. The van der Waals surface area contributed by atoms with E-state index in [9.17, 15) is 9.59 Å². The number of nitrogens with zero attached hydrogens (tertiary/aromatic N) is 2. The van der Waals surface area contributed by atoms with Crippen molar-refractivity contribution in [3.63, 3.8) is 0 Å². The van der Waals surface area contributed by atoms with E-state index in [1.807, 2.05) is 31.4 Å². The number of rotatable bonds is 1. The molecule has 0 spiro atoms. The fraction of sp³-hybridized carbons (Fsp3) is 0.133. The Bertz CT molecular complexity index is 1180. The largest absolute Gasteiger partial charge is 0.320 e. The third-order valence-electron chi connectivity index (χ3n) is 3.71. The minimum Gasteiger partial charge on any atom is -0.320 e. The lowest BCUT2D eigenvalue weighted by molar-refractivity contribution is 1.05. The lowest BCUT2D eigenvalue weighted by Gasteiger charge is -1.92.